The van der Waals surface area contributed by atoms with Gasteiger partial charge in [0.2, 0.25) is 0 Å². The van der Waals surface area contributed by atoms with Crippen molar-refractivity contribution in [3.05, 3.63) is 65.4 Å². The fraction of sp³-hybridized carbons (Fsp3) is 0.100. The summed E-state index contributed by atoms with van der Waals surface area (Å²) in [7, 11) is 3.04. The molecule has 2 heterocycles. The summed E-state index contributed by atoms with van der Waals surface area (Å²) in [4.78, 5) is 42.1. The number of aromatic amines is 1. The van der Waals surface area contributed by atoms with Crippen molar-refractivity contribution in [1.29, 1.82) is 0 Å². The first kappa shape index (κ1) is 18.2. The van der Waals surface area contributed by atoms with Crippen LogP contribution in [-0.4, -0.2) is 47.3 Å². The number of methoxy groups -OCH3 is 2. The minimum atomic E-state index is -0.925. The predicted octanol–water partition coefficient (Wildman–Crippen LogP) is 2.46. The van der Waals surface area contributed by atoms with E-state index in [0.717, 1.165) is 0 Å². The number of aromatic nitrogens is 2. The van der Waals surface area contributed by atoms with Gasteiger partial charge in [-0.25, -0.2) is 4.79 Å². The van der Waals surface area contributed by atoms with Crippen molar-refractivity contribution >= 4 is 17.8 Å². The molecule has 3 aromatic rings. The van der Waals surface area contributed by atoms with Crippen LogP contribution < -0.4 is 9.47 Å². The molecular weight excluding hydrogens is 378 g/mol. The molecule has 9 nitrogen and oxygen atoms in total. The Morgan fingerprint density at radius 2 is 1.62 bits per heavy atom. The molecule has 0 unspecified atom stereocenters. The van der Waals surface area contributed by atoms with Gasteiger partial charge in [0.25, 0.3) is 11.8 Å². The molecule has 0 radical (unpaired) electrons. The fourth-order valence-electron chi connectivity index (χ4n) is 2.96. The normalized spacial score (nSPS) is 12.7. The van der Waals surface area contributed by atoms with Crippen LogP contribution in [0.1, 0.15) is 31.2 Å². The zero-order valence-electron chi connectivity index (χ0n) is 15.5. The Bertz CT molecular complexity index is 1100. The largest absolute Gasteiger partial charge is 0.497 e. The van der Waals surface area contributed by atoms with Gasteiger partial charge in [-0.05, 0) is 30.3 Å². The van der Waals surface area contributed by atoms with Crippen LogP contribution in [0.4, 0.5) is 0 Å². The summed E-state index contributed by atoms with van der Waals surface area (Å²) in [6.07, 6.45) is 0. The van der Waals surface area contributed by atoms with Crippen molar-refractivity contribution in [2.24, 2.45) is 0 Å². The monoisotopic (exact) mass is 393 g/mol. The Morgan fingerprint density at radius 1 is 0.931 bits per heavy atom. The van der Waals surface area contributed by atoms with E-state index in [1.54, 1.807) is 30.3 Å². The first-order valence-electron chi connectivity index (χ1n) is 8.51. The van der Waals surface area contributed by atoms with Crippen LogP contribution in [0.25, 0.3) is 11.3 Å². The van der Waals surface area contributed by atoms with Crippen LogP contribution in [0.15, 0.2) is 48.5 Å². The molecule has 0 atom stereocenters. The van der Waals surface area contributed by atoms with Crippen LogP contribution >= 0.6 is 0 Å². The molecule has 0 spiro atoms. The van der Waals surface area contributed by atoms with E-state index in [2.05, 4.69) is 10.2 Å². The maximum atomic E-state index is 12.5. The summed E-state index contributed by atoms with van der Waals surface area (Å²) in [5.41, 5.74) is 1.36. The number of H-pyrrole nitrogens is 1. The van der Waals surface area contributed by atoms with E-state index in [1.807, 2.05) is 0 Å². The second kappa shape index (κ2) is 7.12. The quantitative estimate of drug-likeness (QED) is 0.663. The van der Waals surface area contributed by atoms with Crippen molar-refractivity contribution in [2.75, 3.05) is 14.2 Å². The van der Waals surface area contributed by atoms with Gasteiger partial charge in [-0.1, -0.05) is 17.2 Å². The van der Waals surface area contributed by atoms with Crippen molar-refractivity contribution in [3.8, 4) is 22.8 Å². The van der Waals surface area contributed by atoms with Crippen molar-refractivity contribution in [3.63, 3.8) is 0 Å². The summed E-state index contributed by atoms with van der Waals surface area (Å²) < 4.78 is 10.5. The third-order valence-corrected chi connectivity index (χ3v) is 4.41. The molecule has 1 aliphatic rings. The molecule has 0 fully saturated rings. The number of carbonyl (C=O) groups excluding carboxylic acids is 3. The molecule has 2 aromatic carbocycles. The Hall–Kier alpha value is -4.14. The molecule has 4 rings (SSSR count). The average molecular weight is 393 g/mol. The molecule has 1 aromatic heterocycles. The minimum absolute atomic E-state index is 0.0329. The smallest absolute Gasteiger partial charge is 0.381 e. The van der Waals surface area contributed by atoms with Gasteiger partial charge in [0, 0.05) is 11.6 Å². The maximum absolute atomic E-state index is 12.5. The number of carbonyl (C=O) groups is 3. The highest BCUT2D eigenvalue weighted by Crippen LogP contribution is 2.32. The molecule has 9 heteroatoms. The van der Waals surface area contributed by atoms with Gasteiger partial charge in [0.1, 0.15) is 17.2 Å². The Kier molecular flexibility index (Phi) is 4.47. The SMILES string of the molecule is COc1ccc(-c2cc(C(=O)ON3C(=O)c4ccccc4C3=O)[nH]n2)c(OC)c1. The fourth-order valence-corrected chi connectivity index (χ4v) is 2.96. The van der Waals surface area contributed by atoms with Gasteiger partial charge >= 0.3 is 5.97 Å². The van der Waals surface area contributed by atoms with Gasteiger partial charge < -0.3 is 14.3 Å². The third kappa shape index (κ3) is 3.08. The zero-order chi connectivity index (χ0) is 20.5. The lowest BCUT2D eigenvalue weighted by atomic mass is 10.1. The second-order valence-electron chi connectivity index (χ2n) is 6.06. The lowest BCUT2D eigenvalue weighted by molar-refractivity contribution is -0.0588. The Balaban J connectivity index is 1.56. The van der Waals surface area contributed by atoms with E-state index in [-0.39, 0.29) is 16.8 Å². The lowest BCUT2D eigenvalue weighted by Gasteiger charge is -2.11. The van der Waals surface area contributed by atoms with E-state index in [0.29, 0.717) is 27.8 Å². The highest BCUT2D eigenvalue weighted by atomic mass is 16.7. The van der Waals surface area contributed by atoms with E-state index in [9.17, 15) is 14.4 Å². The van der Waals surface area contributed by atoms with Gasteiger partial charge in [-0.3, -0.25) is 14.7 Å². The third-order valence-electron chi connectivity index (χ3n) is 4.41. The van der Waals surface area contributed by atoms with Crippen LogP contribution in [0.5, 0.6) is 11.5 Å². The molecule has 0 aliphatic carbocycles. The predicted molar refractivity (Wildman–Crippen MR) is 99.5 cm³/mol. The van der Waals surface area contributed by atoms with E-state index in [1.165, 1.54) is 32.4 Å². The number of rotatable bonds is 5. The molecule has 1 aliphatic heterocycles. The van der Waals surface area contributed by atoms with Crippen LogP contribution in [0, 0.1) is 0 Å². The van der Waals surface area contributed by atoms with Gasteiger partial charge in [0.05, 0.1) is 31.0 Å². The summed E-state index contributed by atoms with van der Waals surface area (Å²) in [5, 5.41) is 7.08. The number of nitrogens with zero attached hydrogens (tertiary/aromatic N) is 2. The van der Waals surface area contributed by atoms with Crippen molar-refractivity contribution < 1.29 is 28.7 Å². The average Bonchev–Trinajstić information content (AvgIpc) is 3.33. The van der Waals surface area contributed by atoms with E-state index >= 15 is 0 Å². The molecule has 0 saturated heterocycles. The molecular formula is C20H15N3O6. The topological polar surface area (TPSA) is 111 Å². The minimum Gasteiger partial charge on any atom is -0.497 e. The summed E-state index contributed by atoms with van der Waals surface area (Å²) >= 11 is 0. The maximum Gasteiger partial charge on any atom is 0.381 e. The highest BCUT2D eigenvalue weighted by Gasteiger charge is 2.39. The molecule has 29 heavy (non-hydrogen) atoms. The van der Waals surface area contributed by atoms with E-state index in [4.69, 9.17) is 14.3 Å². The number of hydroxylamine groups is 2. The number of imide groups is 1. The number of hydrogen-bond acceptors (Lipinski definition) is 7. The van der Waals surface area contributed by atoms with Gasteiger partial charge in [0.15, 0.2) is 0 Å². The molecule has 146 valence electrons. The van der Waals surface area contributed by atoms with Crippen LogP contribution in [0.3, 0.4) is 0 Å². The van der Waals surface area contributed by atoms with Crippen LogP contribution in [0.2, 0.25) is 0 Å². The number of fused-ring (bicyclic) bond motifs is 1. The van der Waals surface area contributed by atoms with Gasteiger partial charge in [-0.15, -0.1) is 0 Å². The van der Waals surface area contributed by atoms with E-state index < -0.39 is 17.8 Å². The molecule has 2 amide bonds. The lowest BCUT2D eigenvalue weighted by Crippen LogP contribution is -2.32. The number of benzene rings is 2. The van der Waals surface area contributed by atoms with Crippen molar-refractivity contribution in [1.82, 2.24) is 15.3 Å². The summed E-state index contributed by atoms with van der Waals surface area (Å²) in [6, 6.07) is 12.8. The second-order valence-corrected chi connectivity index (χ2v) is 6.06. The zero-order valence-corrected chi connectivity index (χ0v) is 15.5. The number of amides is 2. The number of nitrogens with one attached hydrogen (secondary N) is 1. The summed E-state index contributed by atoms with van der Waals surface area (Å²) in [6.45, 7) is 0. The first-order valence-corrected chi connectivity index (χ1v) is 8.51. The standard InChI is InChI=1S/C20H15N3O6/c1-27-11-7-8-14(17(9-11)28-2)15-10-16(22-21-15)20(26)29-23-18(24)12-5-3-4-6-13(12)19(23)25/h3-10H,1-2H3,(H,21,22). The molecule has 0 saturated carbocycles. The highest BCUT2D eigenvalue weighted by molar-refractivity contribution is 6.21. The molecule has 0 bridgehead atoms. The molecule has 1 N–H and O–H groups in total. The summed E-state index contributed by atoms with van der Waals surface area (Å²) in [5.74, 6) is -1.22. The number of ether oxygens (including phenoxy) is 2. The Labute approximate surface area is 164 Å². The van der Waals surface area contributed by atoms with Crippen LogP contribution in [-0.2, 0) is 4.84 Å². The van der Waals surface area contributed by atoms with Crippen molar-refractivity contribution in [2.45, 2.75) is 0 Å². The Morgan fingerprint density at radius 3 is 2.24 bits per heavy atom. The first-order chi connectivity index (χ1) is 14.0. The van der Waals surface area contributed by atoms with Gasteiger partial charge in [-0.2, -0.15) is 5.10 Å². The number of hydrogen-bond donors (Lipinski definition) is 1.